The van der Waals surface area contributed by atoms with E-state index in [2.05, 4.69) is 10.4 Å². The Balaban J connectivity index is 1.70. The van der Waals surface area contributed by atoms with Crippen LogP contribution in [0.5, 0.6) is 0 Å². The molecule has 3 rings (SSSR count). The number of hydrogen-bond donors (Lipinski definition) is 1. The van der Waals surface area contributed by atoms with Crippen LogP contribution in [0.15, 0.2) is 41.3 Å². The Morgan fingerprint density at radius 3 is 2.69 bits per heavy atom. The molecule has 0 bridgehead atoms. The van der Waals surface area contributed by atoms with Crippen LogP contribution in [-0.2, 0) is 14.6 Å². The van der Waals surface area contributed by atoms with Gasteiger partial charge in [0, 0.05) is 17.0 Å². The Morgan fingerprint density at radius 2 is 2.08 bits per heavy atom. The zero-order chi connectivity index (χ0) is 18.7. The van der Waals surface area contributed by atoms with E-state index in [0.717, 1.165) is 16.2 Å². The van der Waals surface area contributed by atoms with Crippen molar-refractivity contribution in [2.24, 2.45) is 0 Å². The second-order valence-electron chi connectivity index (χ2n) is 6.27. The van der Waals surface area contributed by atoms with E-state index in [-0.39, 0.29) is 23.5 Å². The van der Waals surface area contributed by atoms with Gasteiger partial charge in [-0.1, -0.05) is 12.1 Å². The first-order chi connectivity index (χ1) is 12.4. The third kappa shape index (κ3) is 4.56. The van der Waals surface area contributed by atoms with E-state index in [1.165, 1.54) is 6.08 Å². The number of anilines is 1. The standard InChI is InChI=1S/C18H21N3O3S2/c1-13-11-17(21(20-13)15-9-10-26(23,24)12-15)19-18(22)8-5-14-3-6-16(25-2)7-4-14/h3-8,11,15H,9-10,12H2,1-2H3,(H,19,22)/b8-5+. The first kappa shape index (κ1) is 18.7. The summed E-state index contributed by atoms with van der Waals surface area (Å²) in [5.41, 5.74) is 1.67. The summed E-state index contributed by atoms with van der Waals surface area (Å²) in [4.78, 5) is 13.4. The molecule has 2 heterocycles. The van der Waals surface area contributed by atoms with Gasteiger partial charge in [-0.2, -0.15) is 5.10 Å². The molecule has 26 heavy (non-hydrogen) atoms. The summed E-state index contributed by atoms with van der Waals surface area (Å²) in [6.45, 7) is 1.82. The normalized spacial score (nSPS) is 19.1. The van der Waals surface area contributed by atoms with Crippen molar-refractivity contribution in [1.82, 2.24) is 9.78 Å². The average Bonchev–Trinajstić information content (AvgIpc) is 3.15. The lowest BCUT2D eigenvalue weighted by molar-refractivity contribution is -0.111. The van der Waals surface area contributed by atoms with Gasteiger partial charge in [0.1, 0.15) is 5.82 Å². The SMILES string of the molecule is CSc1ccc(/C=C/C(=O)Nc2cc(C)nn2C2CCS(=O)(=O)C2)cc1. The van der Waals surface area contributed by atoms with Gasteiger partial charge in [0.05, 0.1) is 23.2 Å². The molecule has 1 aromatic heterocycles. The topological polar surface area (TPSA) is 81.1 Å². The number of aryl methyl sites for hydroxylation is 1. The van der Waals surface area contributed by atoms with Crippen LogP contribution in [0.4, 0.5) is 5.82 Å². The number of nitrogens with zero attached hydrogens (tertiary/aromatic N) is 2. The molecule has 1 N–H and O–H groups in total. The number of hydrogen-bond acceptors (Lipinski definition) is 5. The molecule has 1 aromatic carbocycles. The Hall–Kier alpha value is -2.06. The van der Waals surface area contributed by atoms with Gasteiger partial charge in [-0.05, 0) is 43.4 Å². The maximum Gasteiger partial charge on any atom is 0.249 e. The minimum atomic E-state index is -3.02. The third-order valence-corrected chi connectivity index (χ3v) is 6.70. The largest absolute Gasteiger partial charge is 0.307 e. The van der Waals surface area contributed by atoms with Crippen molar-refractivity contribution in [3.63, 3.8) is 0 Å². The van der Waals surface area contributed by atoms with Crippen molar-refractivity contribution < 1.29 is 13.2 Å². The molecule has 1 amide bonds. The number of thioether (sulfide) groups is 1. The van der Waals surface area contributed by atoms with Crippen LogP contribution in [0, 0.1) is 6.92 Å². The second-order valence-corrected chi connectivity index (χ2v) is 9.38. The maximum atomic E-state index is 12.3. The van der Waals surface area contributed by atoms with E-state index in [1.54, 1.807) is 28.6 Å². The van der Waals surface area contributed by atoms with Gasteiger partial charge >= 0.3 is 0 Å². The van der Waals surface area contributed by atoms with Crippen molar-refractivity contribution >= 4 is 39.4 Å². The fourth-order valence-electron chi connectivity index (χ4n) is 2.91. The van der Waals surface area contributed by atoms with Crippen molar-refractivity contribution in [3.8, 4) is 0 Å². The van der Waals surface area contributed by atoms with E-state index < -0.39 is 9.84 Å². The monoisotopic (exact) mass is 391 g/mol. The molecular formula is C18H21N3O3S2. The molecule has 2 aromatic rings. The van der Waals surface area contributed by atoms with Crippen LogP contribution in [0.2, 0.25) is 0 Å². The quantitative estimate of drug-likeness (QED) is 0.626. The lowest BCUT2D eigenvalue weighted by Crippen LogP contribution is -2.18. The zero-order valence-electron chi connectivity index (χ0n) is 14.7. The highest BCUT2D eigenvalue weighted by Gasteiger charge is 2.31. The van der Waals surface area contributed by atoms with Gasteiger partial charge in [0.25, 0.3) is 0 Å². The van der Waals surface area contributed by atoms with Crippen LogP contribution in [0.1, 0.15) is 23.7 Å². The second kappa shape index (κ2) is 7.67. The van der Waals surface area contributed by atoms with Crippen LogP contribution in [0.25, 0.3) is 6.08 Å². The summed E-state index contributed by atoms with van der Waals surface area (Å²) in [7, 11) is -3.02. The molecule has 1 aliphatic rings. The summed E-state index contributed by atoms with van der Waals surface area (Å²) >= 11 is 1.66. The van der Waals surface area contributed by atoms with Crippen LogP contribution in [0.3, 0.4) is 0 Å². The number of nitrogens with one attached hydrogen (secondary N) is 1. The summed E-state index contributed by atoms with van der Waals surface area (Å²) in [5.74, 6) is 0.475. The van der Waals surface area contributed by atoms with Crippen LogP contribution in [-0.4, -0.2) is 41.9 Å². The predicted octanol–water partition coefficient (Wildman–Crippen LogP) is 2.92. The Kier molecular flexibility index (Phi) is 5.52. The van der Waals surface area contributed by atoms with Gasteiger partial charge in [0.2, 0.25) is 5.91 Å². The molecule has 1 unspecified atom stereocenters. The lowest BCUT2D eigenvalue weighted by Gasteiger charge is -2.13. The highest BCUT2D eigenvalue weighted by Crippen LogP contribution is 2.27. The maximum absolute atomic E-state index is 12.3. The Bertz CT molecular complexity index is 931. The molecule has 1 fully saturated rings. The fourth-order valence-corrected chi connectivity index (χ4v) is 5.01. The number of aromatic nitrogens is 2. The molecule has 1 aliphatic heterocycles. The molecule has 138 valence electrons. The van der Waals surface area contributed by atoms with Crippen LogP contribution >= 0.6 is 11.8 Å². The highest BCUT2D eigenvalue weighted by molar-refractivity contribution is 7.98. The smallest absolute Gasteiger partial charge is 0.249 e. The van der Waals surface area contributed by atoms with Crippen molar-refractivity contribution in [3.05, 3.63) is 47.7 Å². The van der Waals surface area contributed by atoms with Crippen molar-refractivity contribution in [2.75, 3.05) is 23.1 Å². The van der Waals surface area contributed by atoms with Gasteiger partial charge in [0.15, 0.2) is 9.84 Å². The lowest BCUT2D eigenvalue weighted by atomic mass is 10.2. The van der Waals surface area contributed by atoms with Crippen molar-refractivity contribution in [1.29, 1.82) is 0 Å². The number of carbonyl (C=O) groups is 1. The van der Waals surface area contributed by atoms with E-state index in [9.17, 15) is 13.2 Å². The Morgan fingerprint density at radius 1 is 1.35 bits per heavy atom. The molecule has 8 heteroatoms. The third-order valence-electron chi connectivity index (χ3n) is 4.21. The molecule has 0 saturated carbocycles. The minimum absolute atomic E-state index is 0.0641. The van der Waals surface area contributed by atoms with Crippen LogP contribution < -0.4 is 5.32 Å². The number of rotatable bonds is 5. The summed E-state index contributed by atoms with van der Waals surface area (Å²) in [6, 6.07) is 9.43. The summed E-state index contributed by atoms with van der Waals surface area (Å²) < 4.78 is 25.1. The van der Waals surface area contributed by atoms with Gasteiger partial charge in [-0.3, -0.25) is 4.79 Å². The molecule has 1 atom stereocenters. The zero-order valence-corrected chi connectivity index (χ0v) is 16.3. The molecule has 6 nitrogen and oxygen atoms in total. The van der Waals surface area contributed by atoms with E-state index in [4.69, 9.17) is 0 Å². The number of benzene rings is 1. The molecular weight excluding hydrogens is 370 g/mol. The van der Waals surface area contributed by atoms with Gasteiger partial charge < -0.3 is 5.32 Å². The van der Waals surface area contributed by atoms with E-state index in [1.807, 2.05) is 37.4 Å². The summed E-state index contributed by atoms with van der Waals surface area (Å²) in [5, 5.41) is 7.16. The molecule has 0 spiro atoms. The first-order valence-corrected chi connectivity index (χ1v) is 11.3. The number of carbonyl (C=O) groups excluding carboxylic acids is 1. The number of amides is 1. The minimum Gasteiger partial charge on any atom is -0.307 e. The molecule has 0 aliphatic carbocycles. The van der Waals surface area contributed by atoms with E-state index >= 15 is 0 Å². The summed E-state index contributed by atoms with van der Waals surface area (Å²) in [6.07, 6.45) is 5.74. The van der Waals surface area contributed by atoms with Gasteiger partial charge in [-0.25, -0.2) is 13.1 Å². The molecule has 1 saturated heterocycles. The first-order valence-electron chi connectivity index (χ1n) is 8.26. The fraction of sp³-hybridized carbons (Fsp3) is 0.333. The van der Waals surface area contributed by atoms with Crippen molar-refractivity contribution in [2.45, 2.75) is 24.3 Å². The van der Waals surface area contributed by atoms with E-state index in [0.29, 0.717) is 12.2 Å². The Labute approximate surface area is 157 Å². The highest BCUT2D eigenvalue weighted by atomic mass is 32.2. The number of sulfone groups is 1. The van der Waals surface area contributed by atoms with Gasteiger partial charge in [-0.15, -0.1) is 11.8 Å². The average molecular weight is 392 g/mol. The predicted molar refractivity (Wildman–Crippen MR) is 105 cm³/mol. The molecule has 0 radical (unpaired) electrons.